The number of nitrogens with zero attached hydrogens (tertiary/aromatic N) is 4. The van der Waals surface area contributed by atoms with Crippen LogP contribution in [-0.4, -0.2) is 40.4 Å². The van der Waals surface area contributed by atoms with Crippen LogP contribution < -0.4 is 15.4 Å². The van der Waals surface area contributed by atoms with Crippen LogP contribution in [-0.2, 0) is 6.54 Å². The molecule has 0 aliphatic heterocycles. The fraction of sp³-hybridized carbons (Fsp3) is 0.250. The Hall–Kier alpha value is -2.69. The van der Waals surface area contributed by atoms with Crippen molar-refractivity contribution in [3.8, 4) is 11.4 Å². The van der Waals surface area contributed by atoms with Gasteiger partial charge in [-0.05, 0) is 31.2 Å². The quantitative estimate of drug-likeness (QED) is 0.290. The summed E-state index contributed by atoms with van der Waals surface area (Å²) in [6.45, 7) is 2.76. The molecule has 1 heterocycles. The third-order valence-electron chi connectivity index (χ3n) is 4.01. The van der Waals surface area contributed by atoms with E-state index in [1.54, 1.807) is 31.6 Å². The van der Waals surface area contributed by atoms with E-state index in [0.717, 1.165) is 11.5 Å². The highest BCUT2D eigenvalue weighted by Crippen LogP contribution is 2.16. The van der Waals surface area contributed by atoms with Crippen molar-refractivity contribution in [3.63, 3.8) is 0 Å². The summed E-state index contributed by atoms with van der Waals surface area (Å²) in [5.41, 5.74) is 0.985. The molecular weight excluding hydrogens is 486 g/mol. The van der Waals surface area contributed by atoms with Crippen molar-refractivity contribution in [1.82, 2.24) is 25.4 Å². The van der Waals surface area contributed by atoms with Gasteiger partial charge in [0, 0.05) is 12.7 Å². The summed E-state index contributed by atoms with van der Waals surface area (Å²) >= 11 is 0. The van der Waals surface area contributed by atoms with Crippen molar-refractivity contribution in [2.75, 3.05) is 13.6 Å². The first-order valence-electron chi connectivity index (χ1n) is 8.97. The molecule has 0 amide bonds. The second-order valence-electron chi connectivity index (χ2n) is 6.12. The van der Waals surface area contributed by atoms with Gasteiger partial charge in [0.15, 0.2) is 23.4 Å². The average molecular weight is 510 g/mol. The molecule has 9 heteroatoms. The summed E-state index contributed by atoms with van der Waals surface area (Å²) in [5.74, 6) is 1.20. The molecule has 0 aliphatic carbocycles. The zero-order chi connectivity index (χ0) is 19.8. The summed E-state index contributed by atoms with van der Waals surface area (Å²) in [6.07, 6.45) is 1.43. The van der Waals surface area contributed by atoms with Crippen LogP contribution in [0.5, 0.6) is 5.75 Å². The second kappa shape index (κ2) is 11.3. The monoisotopic (exact) mass is 510 g/mol. The maximum Gasteiger partial charge on any atom is 0.191 e. The molecule has 0 spiro atoms. The van der Waals surface area contributed by atoms with Gasteiger partial charge in [-0.3, -0.25) is 9.56 Å². The van der Waals surface area contributed by atoms with Crippen LogP contribution in [0.25, 0.3) is 5.69 Å². The molecule has 0 radical (unpaired) electrons. The Kier molecular flexibility index (Phi) is 8.84. The lowest BCUT2D eigenvalue weighted by Crippen LogP contribution is -2.41. The molecule has 154 valence electrons. The van der Waals surface area contributed by atoms with Gasteiger partial charge in [-0.15, -0.1) is 34.2 Å². The Morgan fingerprint density at radius 1 is 1.14 bits per heavy atom. The molecule has 3 rings (SSSR count). The van der Waals surface area contributed by atoms with Gasteiger partial charge in [0.1, 0.15) is 12.4 Å². The number of guanidine groups is 1. The molecule has 1 aromatic heterocycles. The number of para-hydroxylation sites is 2. The van der Waals surface area contributed by atoms with Crippen LogP contribution in [0.3, 0.4) is 0 Å². The van der Waals surface area contributed by atoms with Crippen LogP contribution in [0.1, 0.15) is 12.7 Å². The van der Waals surface area contributed by atoms with Gasteiger partial charge >= 0.3 is 0 Å². The smallest absolute Gasteiger partial charge is 0.191 e. The first kappa shape index (κ1) is 22.6. The first-order chi connectivity index (χ1) is 13.7. The largest absolute Gasteiger partial charge is 0.486 e. The van der Waals surface area contributed by atoms with Gasteiger partial charge in [0.05, 0.1) is 13.1 Å². The number of halogens is 2. The lowest BCUT2D eigenvalue weighted by molar-refractivity contribution is 0.214. The van der Waals surface area contributed by atoms with E-state index in [-0.39, 0.29) is 41.6 Å². The van der Waals surface area contributed by atoms with Crippen LogP contribution >= 0.6 is 24.0 Å². The fourth-order valence-electron chi connectivity index (χ4n) is 2.61. The number of benzene rings is 2. The molecule has 2 N–H and O–H groups in total. The molecule has 0 bridgehead atoms. The summed E-state index contributed by atoms with van der Waals surface area (Å²) in [5, 5.41) is 14.5. The summed E-state index contributed by atoms with van der Waals surface area (Å²) < 4.78 is 21.2. The molecule has 7 nitrogen and oxygen atoms in total. The standard InChI is InChI=1S/C20H23FN6O.HI/c1-15(28-18-11-7-6-10-17(18)21)12-23-20(22-2)24-13-19-26-25-14-27(19)16-8-4-3-5-9-16;/h3-11,14-15H,12-13H2,1-2H3,(H2,22,23,24);1H. The van der Waals surface area contributed by atoms with Gasteiger partial charge in [-0.1, -0.05) is 30.3 Å². The second-order valence-corrected chi connectivity index (χ2v) is 6.12. The molecule has 29 heavy (non-hydrogen) atoms. The molecule has 0 fully saturated rings. The Balaban J connectivity index is 0.00000300. The number of aliphatic imine (C=N–C) groups is 1. The van der Waals surface area contributed by atoms with E-state index in [1.165, 1.54) is 6.07 Å². The van der Waals surface area contributed by atoms with Crippen LogP contribution in [0.15, 0.2) is 65.9 Å². The minimum atomic E-state index is -0.378. The van der Waals surface area contributed by atoms with Gasteiger partial charge < -0.3 is 15.4 Å². The first-order valence-corrected chi connectivity index (χ1v) is 8.97. The van der Waals surface area contributed by atoms with E-state index in [0.29, 0.717) is 19.0 Å². The zero-order valence-electron chi connectivity index (χ0n) is 16.2. The van der Waals surface area contributed by atoms with Crippen molar-refractivity contribution in [2.45, 2.75) is 19.6 Å². The highest BCUT2D eigenvalue weighted by molar-refractivity contribution is 14.0. The SMILES string of the molecule is CN=C(NCc1nncn1-c1ccccc1)NCC(C)Oc1ccccc1F.I. The van der Waals surface area contributed by atoms with Crippen LogP contribution in [0, 0.1) is 5.82 Å². The fourth-order valence-corrected chi connectivity index (χ4v) is 2.61. The third kappa shape index (κ3) is 6.41. The van der Waals surface area contributed by atoms with E-state index in [4.69, 9.17) is 4.74 Å². The van der Waals surface area contributed by atoms with E-state index >= 15 is 0 Å². The van der Waals surface area contributed by atoms with Crippen LogP contribution in [0.4, 0.5) is 4.39 Å². The Morgan fingerprint density at radius 2 is 1.86 bits per heavy atom. The van der Waals surface area contributed by atoms with E-state index in [1.807, 2.05) is 41.8 Å². The van der Waals surface area contributed by atoms with Gasteiger partial charge in [0.25, 0.3) is 0 Å². The normalized spacial score (nSPS) is 12.0. The Morgan fingerprint density at radius 3 is 2.59 bits per heavy atom. The van der Waals surface area contributed by atoms with Gasteiger partial charge in [-0.25, -0.2) is 4.39 Å². The van der Waals surface area contributed by atoms with E-state index < -0.39 is 0 Å². The predicted molar refractivity (Wildman–Crippen MR) is 121 cm³/mol. The number of nitrogens with one attached hydrogen (secondary N) is 2. The molecule has 0 saturated heterocycles. The number of hydrogen-bond acceptors (Lipinski definition) is 4. The maximum absolute atomic E-state index is 13.7. The van der Waals surface area contributed by atoms with E-state index in [9.17, 15) is 4.39 Å². The van der Waals surface area contributed by atoms with Crippen molar-refractivity contribution in [1.29, 1.82) is 0 Å². The van der Waals surface area contributed by atoms with Gasteiger partial charge in [-0.2, -0.15) is 0 Å². The minimum Gasteiger partial charge on any atom is -0.486 e. The number of rotatable bonds is 7. The van der Waals surface area contributed by atoms with Crippen molar-refractivity contribution < 1.29 is 9.13 Å². The molecule has 1 unspecified atom stereocenters. The Bertz CT molecular complexity index is 918. The molecule has 0 aliphatic rings. The molecule has 0 saturated carbocycles. The number of aromatic nitrogens is 3. The van der Waals surface area contributed by atoms with E-state index in [2.05, 4.69) is 25.8 Å². The summed E-state index contributed by atoms with van der Waals surface area (Å²) in [4.78, 5) is 4.19. The summed E-state index contributed by atoms with van der Waals surface area (Å²) in [6, 6.07) is 16.2. The molecular formula is C20H24FIN6O. The predicted octanol–water partition coefficient (Wildman–Crippen LogP) is 3.16. The number of ether oxygens (including phenoxy) is 1. The Labute approximate surface area is 186 Å². The van der Waals surface area contributed by atoms with Gasteiger partial charge in [0.2, 0.25) is 0 Å². The lowest BCUT2D eigenvalue weighted by atomic mass is 10.3. The van der Waals surface area contributed by atoms with Crippen molar-refractivity contribution in [2.24, 2.45) is 4.99 Å². The number of hydrogen-bond donors (Lipinski definition) is 2. The lowest BCUT2D eigenvalue weighted by Gasteiger charge is -2.18. The highest BCUT2D eigenvalue weighted by Gasteiger charge is 2.10. The maximum atomic E-state index is 13.7. The topological polar surface area (TPSA) is 76.4 Å². The van der Waals surface area contributed by atoms with Crippen LogP contribution in [0.2, 0.25) is 0 Å². The third-order valence-corrected chi connectivity index (χ3v) is 4.01. The molecule has 1 atom stereocenters. The summed E-state index contributed by atoms with van der Waals surface area (Å²) in [7, 11) is 1.68. The minimum absolute atomic E-state index is 0. The molecule has 3 aromatic rings. The highest BCUT2D eigenvalue weighted by atomic mass is 127. The average Bonchev–Trinajstić information content (AvgIpc) is 3.19. The van der Waals surface area contributed by atoms with Crippen molar-refractivity contribution in [3.05, 3.63) is 72.6 Å². The molecule has 2 aromatic carbocycles. The van der Waals surface area contributed by atoms with Crippen molar-refractivity contribution >= 4 is 29.9 Å². The zero-order valence-corrected chi connectivity index (χ0v) is 18.6.